The molecule has 168 valence electrons. The number of nitrogens with one attached hydrogen (secondary N) is 1. The van der Waals surface area contributed by atoms with Crippen LogP contribution in [0.5, 0.6) is 11.5 Å². The van der Waals surface area contributed by atoms with E-state index in [-0.39, 0.29) is 33.6 Å². The maximum Gasteiger partial charge on any atom is 0.262 e. The molecule has 0 fully saturated rings. The first-order valence-electron chi connectivity index (χ1n) is 9.72. The number of methoxy groups -OCH3 is 2. The van der Waals surface area contributed by atoms with Crippen LogP contribution in [0, 0.1) is 5.82 Å². The van der Waals surface area contributed by atoms with Gasteiger partial charge in [-0.05, 0) is 41.6 Å². The lowest BCUT2D eigenvalue weighted by Crippen LogP contribution is -2.35. The quantitative estimate of drug-likeness (QED) is 0.583. The highest BCUT2D eigenvalue weighted by atomic mass is 32.2. The maximum absolute atomic E-state index is 14.0. The summed E-state index contributed by atoms with van der Waals surface area (Å²) in [6, 6.07) is 9.89. The Kier molecular flexibility index (Phi) is 6.07. The van der Waals surface area contributed by atoms with Gasteiger partial charge in [0.1, 0.15) is 5.82 Å². The van der Waals surface area contributed by atoms with E-state index in [1.54, 1.807) is 16.2 Å². The zero-order chi connectivity index (χ0) is 22.9. The topological polar surface area (TPSA) is 84.9 Å². The van der Waals surface area contributed by atoms with Crippen molar-refractivity contribution in [2.75, 3.05) is 25.5 Å². The van der Waals surface area contributed by atoms with E-state index in [1.807, 2.05) is 11.4 Å². The third-order valence-electron chi connectivity index (χ3n) is 5.21. The zero-order valence-electron chi connectivity index (χ0n) is 17.4. The molecular weight excluding hydrogens is 455 g/mol. The van der Waals surface area contributed by atoms with Crippen LogP contribution in [0.4, 0.5) is 10.1 Å². The van der Waals surface area contributed by atoms with Crippen LogP contribution in [0.25, 0.3) is 0 Å². The molecule has 3 aromatic rings. The van der Waals surface area contributed by atoms with Crippen LogP contribution in [-0.4, -0.2) is 40.0 Å². The molecular formula is C22H21FN2O5S2. The normalized spacial score (nSPS) is 13.4. The van der Waals surface area contributed by atoms with Crippen LogP contribution in [0.3, 0.4) is 0 Å². The Morgan fingerprint density at radius 3 is 2.66 bits per heavy atom. The number of amides is 1. The van der Waals surface area contributed by atoms with Crippen molar-refractivity contribution in [3.8, 4) is 11.5 Å². The number of sulfonamides is 1. The minimum Gasteiger partial charge on any atom is -0.493 e. The first kappa shape index (κ1) is 22.1. The molecule has 0 atom stereocenters. The number of fused-ring (bicyclic) bond motifs is 1. The number of nitrogens with zero attached hydrogens (tertiary/aromatic N) is 1. The Bertz CT molecular complexity index is 1270. The van der Waals surface area contributed by atoms with Crippen LogP contribution in [0.1, 0.15) is 20.8 Å². The first-order valence-corrected chi connectivity index (χ1v) is 12.1. The molecule has 0 spiro atoms. The van der Waals surface area contributed by atoms with Gasteiger partial charge in [0.05, 0.1) is 30.4 Å². The second kappa shape index (κ2) is 8.79. The molecule has 10 heteroatoms. The Morgan fingerprint density at radius 1 is 1.16 bits per heavy atom. The third kappa shape index (κ3) is 4.15. The van der Waals surface area contributed by atoms with Gasteiger partial charge < -0.3 is 14.4 Å². The van der Waals surface area contributed by atoms with E-state index in [1.165, 1.54) is 49.4 Å². The number of ether oxygens (including phenoxy) is 2. The lowest BCUT2D eigenvalue weighted by Gasteiger charge is -2.28. The fourth-order valence-corrected chi connectivity index (χ4v) is 5.59. The molecule has 1 aliphatic rings. The largest absolute Gasteiger partial charge is 0.493 e. The number of rotatable bonds is 6. The van der Waals surface area contributed by atoms with E-state index in [2.05, 4.69) is 4.72 Å². The van der Waals surface area contributed by atoms with Crippen molar-refractivity contribution in [1.82, 2.24) is 4.90 Å². The minimum absolute atomic E-state index is 0.0550. The van der Waals surface area contributed by atoms with Crippen molar-refractivity contribution >= 4 is 33.0 Å². The second-order valence-electron chi connectivity index (χ2n) is 7.14. The molecule has 1 amide bonds. The van der Waals surface area contributed by atoms with Gasteiger partial charge >= 0.3 is 0 Å². The monoisotopic (exact) mass is 476 g/mol. The Labute approximate surface area is 189 Å². The van der Waals surface area contributed by atoms with Crippen molar-refractivity contribution in [2.45, 2.75) is 17.9 Å². The predicted octanol–water partition coefficient (Wildman–Crippen LogP) is 3.90. The van der Waals surface area contributed by atoms with Crippen LogP contribution in [0.2, 0.25) is 0 Å². The number of anilines is 1. The average Bonchev–Trinajstić information content (AvgIpc) is 3.27. The summed E-state index contributed by atoms with van der Waals surface area (Å²) in [5, 5.41) is 1.99. The standard InChI is InChI=1S/C22H21FN2O5S2/c1-29-19-12-15(32(27,28)24-18-6-4-3-5-17(18)23)11-16(21(19)30-2)22(26)25-9-7-20-14(13-25)8-10-31-20/h3-6,8,10-12,24H,7,9,13H2,1-2H3. The highest BCUT2D eigenvalue weighted by Gasteiger charge is 2.29. The summed E-state index contributed by atoms with van der Waals surface area (Å²) >= 11 is 1.66. The van der Waals surface area contributed by atoms with Crippen LogP contribution in [-0.2, 0) is 23.0 Å². The third-order valence-corrected chi connectivity index (χ3v) is 7.57. The number of hydrogen-bond donors (Lipinski definition) is 1. The van der Waals surface area contributed by atoms with E-state index in [0.29, 0.717) is 13.1 Å². The van der Waals surface area contributed by atoms with Crippen molar-refractivity contribution in [3.63, 3.8) is 0 Å². The molecule has 0 bridgehead atoms. The van der Waals surface area contributed by atoms with Gasteiger partial charge in [-0.2, -0.15) is 0 Å². The smallest absolute Gasteiger partial charge is 0.262 e. The fraction of sp³-hybridized carbons (Fsp3) is 0.227. The van der Waals surface area contributed by atoms with Gasteiger partial charge in [-0.15, -0.1) is 11.3 Å². The number of thiophene rings is 1. The summed E-state index contributed by atoms with van der Waals surface area (Å²) in [7, 11) is -1.48. The maximum atomic E-state index is 14.0. The van der Waals surface area contributed by atoms with Crippen LogP contribution in [0.15, 0.2) is 52.7 Å². The van der Waals surface area contributed by atoms with Crippen molar-refractivity contribution in [1.29, 1.82) is 0 Å². The number of halogens is 1. The van der Waals surface area contributed by atoms with Crippen molar-refractivity contribution < 1.29 is 27.1 Å². The van der Waals surface area contributed by atoms with Gasteiger partial charge in [0.15, 0.2) is 11.5 Å². The molecule has 1 N–H and O–H groups in total. The Morgan fingerprint density at radius 2 is 1.94 bits per heavy atom. The first-order chi connectivity index (χ1) is 15.3. The molecule has 4 rings (SSSR count). The van der Waals surface area contributed by atoms with Crippen molar-refractivity contribution in [2.24, 2.45) is 0 Å². The average molecular weight is 477 g/mol. The molecule has 7 nitrogen and oxygen atoms in total. The summed E-state index contributed by atoms with van der Waals surface area (Å²) in [5.41, 5.74) is 0.932. The molecule has 32 heavy (non-hydrogen) atoms. The lowest BCUT2D eigenvalue weighted by molar-refractivity contribution is 0.0731. The zero-order valence-corrected chi connectivity index (χ0v) is 19.1. The minimum atomic E-state index is -4.21. The molecule has 0 saturated heterocycles. The summed E-state index contributed by atoms with van der Waals surface area (Å²) < 4.78 is 52.9. The van der Waals surface area contributed by atoms with Gasteiger partial charge in [-0.3, -0.25) is 9.52 Å². The Hall–Kier alpha value is -3.11. The van der Waals surface area contributed by atoms with Gasteiger partial charge in [-0.1, -0.05) is 12.1 Å². The second-order valence-corrected chi connectivity index (χ2v) is 9.82. The number of carbonyl (C=O) groups excluding carboxylic acids is 1. The number of para-hydroxylation sites is 1. The fourth-order valence-electron chi connectivity index (χ4n) is 3.59. The predicted molar refractivity (Wildman–Crippen MR) is 120 cm³/mol. The van der Waals surface area contributed by atoms with Crippen LogP contribution < -0.4 is 14.2 Å². The molecule has 1 aromatic heterocycles. The summed E-state index contributed by atoms with van der Waals surface area (Å²) in [6.45, 7) is 0.926. The van der Waals surface area contributed by atoms with E-state index >= 15 is 0 Å². The van der Waals surface area contributed by atoms with E-state index < -0.39 is 15.8 Å². The van der Waals surface area contributed by atoms with Crippen LogP contribution >= 0.6 is 11.3 Å². The molecule has 1 aliphatic heterocycles. The van der Waals surface area contributed by atoms with Gasteiger partial charge in [0, 0.05) is 24.0 Å². The Balaban J connectivity index is 1.73. The SMILES string of the molecule is COc1cc(S(=O)(=O)Nc2ccccc2F)cc(C(=O)N2CCc3sccc3C2)c1OC. The molecule has 0 aliphatic carbocycles. The van der Waals surface area contributed by atoms with E-state index in [0.717, 1.165) is 18.1 Å². The van der Waals surface area contributed by atoms with E-state index in [4.69, 9.17) is 9.47 Å². The molecule has 0 saturated carbocycles. The highest BCUT2D eigenvalue weighted by Crippen LogP contribution is 2.36. The van der Waals surface area contributed by atoms with Gasteiger partial charge in [-0.25, -0.2) is 12.8 Å². The number of benzene rings is 2. The summed E-state index contributed by atoms with van der Waals surface area (Å²) in [4.78, 5) is 16.0. The van der Waals surface area contributed by atoms with Crippen molar-refractivity contribution in [3.05, 3.63) is 69.7 Å². The molecule has 0 radical (unpaired) electrons. The summed E-state index contributed by atoms with van der Waals surface area (Å²) in [5.74, 6) is -0.869. The lowest BCUT2D eigenvalue weighted by atomic mass is 10.1. The van der Waals surface area contributed by atoms with Gasteiger partial charge in [0.25, 0.3) is 15.9 Å². The molecule has 0 unspecified atom stereocenters. The highest BCUT2D eigenvalue weighted by molar-refractivity contribution is 7.92. The summed E-state index contributed by atoms with van der Waals surface area (Å²) in [6.07, 6.45) is 0.727. The number of hydrogen-bond acceptors (Lipinski definition) is 6. The van der Waals surface area contributed by atoms with E-state index in [9.17, 15) is 17.6 Å². The number of carbonyl (C=O) groups is 1. The van der Waals surface area contributed by atoms with Gasteiger partial charge in [0.2, 0.25) is 0 Å². The molecule has 2 heterocycles. The molecule has 2 aromatic carbocycles.